The average molecular weight is 397 g/mol. The van der Waals surface area contributed by atoms with Gasteiger partial charge in [0.15, 0.2) is 0 Å². The van der Waals surface area contributed by atoms with Gasteiger partial charge in [0.25, 0.3) is 0 Å². The number of carbonyl (C=O) groups excluding carboxylic acids is 1. The molecule has 0 spiro atoms. The van der Waals surface area contributed by atoms with Crippen molar-refractivity contribution < 1.29 is 13.9 Å². The van der Waals surface area contributed by atoms with Crippen molar-refractivity contribution in [2.75, 3.05) is 19.6 Å². The van der Waals surface area contributed by atoms with Crippen LogP contribution in [0.4, 0.5) is 4.39 Å². The fourth-order valence-electron chi connectivity index (χ4n) is 3.64. The van der Waals surface area contributed by atoms with Gasteiger partial charge in [-0.1, -0.05) is 32.0 Å². The van der Waals surface area contributed by atoms with Crippen LogP contribution in [0, 0.1) is 12.7 Å². The van der Waals surface area contributed by atoms with Gasteiger partial charge >= 0.3 is 5.97 Å². The zero-order chi connectivity index (χ0) is 21.0. The van der Waals surface area contributed by atoms with Crippen LogP contribution in [0.15, 0.2) is 42.5 Å². The fourth-order valence-corrected chi connectivity index (χ4v) is 3.64. The first-order valence-electron chi connectivity index (χ1n) is 10.2. The highest BCUT2D eigenvalue weighted by Gasteiger charge is 2.21. The number of aromatic amines is 1. The Morgan fingerprint density at radius 3 is 2.48 bits per heavy atom. The van der Waals surface area contributed by atoms with Crippen molar-refractivity contribution in [1.82, 2.24) is 9.88 Å². The lowest BCUT2D eigenvalue weighted by Gasteiger charge is -2.17. The van der Waals surface area contributed by atoms with E-state index in [-0.39, 0.29) is 11.8 Å². The highest BCUT2D eigenvalue weighted by molar-refractivity contribution is 6.05. The van der Waals surface area contributed by atoms with Gasteiger partial charge in [-0.2, -0.15) is 0 Å². The lowest BCUT2D eigenvalue weighted by atomic mass is 10.1. The van der Waals surface area contributed by atoms with Gasteiger partial charge < -0.3 is 14.6 Å². The molecule has 0 saturated heterocycles. The van der Waals surface area contributed by atoms with Crippen LogP contribution in [0.25, 0.3) is 10.9 Å². The van der Waals surface area contributed by atoms with Crippen molar-refractivity contribution in [3.05, 3.63) is 70.7 Å². The quantitative estimate of drug-likeness (QED) is 0.517. The van der Waals surface area contributed by atoms with Crippen molar-refractivity contribution in [2.45, 2.75) is 40.2 Å². The number of benzene rings is 2. The number of nitrogens with zero attached hydrogens (tertiary/aromatic N) is 1. The van der Waals surface area contributed by atoms with Gasteiger partial charge in [0, 0.05) is 23.1 Å². The molecule has 0 radical (unpaired) electrons. The first-order chi connectivity index (χ1) is 13.9. The molecule has 1 unspecified atom stereocenters. The summed E-state index contributed by atoms with van der Waals surface area (Å²) in [5, 5.41) is 0.885. The van der Waals surface area contributed by atoms with E-state index in [2.05, 4.69) is 35.9 Å². The molecule has 0 fully saturated rings. The van der Waals surface area contributed by atoms with E-state index in [1.807, 2.05) is 13.0 Å². The Morgan fingerprint density at radius 2 is 1.83 bits per heavy atom. The number of H-pyrrole nitrogens is 1. The van der Waals surface area contributed by atoms with Gasteiger partial charge in [0.1, 0.15) is 11.9 Å². The van der Waals surface area contributed by atoms with Gasteiger partial charge in [0.2, 0.25) is 0 Å². The highest BCUT2D eigenvalue weighted by Crippen LogP contribution is 2.27. The summed E-state index contributed by atoms with van der Waals surface area (Å²) in [6, 6.07) is 12.2. The minimum atomic E-state index is -0.460. The van der Waals surface area contributed by atoms with Gasteiger partial charge in [0.05, 0.1) is 5.56 Å². The minimum absolute atomic E-state index is 0.308. The Labute approximate surface area is 171 Å². The molecule has 0 aliphatic heterocycles. The molecule has 29 heavy (non-hydrogen) atoms. The van der Waals surface area contributed by atoms with Crippen molar-refractivity contribution >= 4 is 16.9 Å². The van der Waals surface area contributed by atoms with Crippen molar-refractivity contribution in [3.8, 4) is 0 Å². The third-order valence-electron chi connectivity index (χ3n) is 5.49. The van der Waals surface area contributed by atoms with Crippen LogP contribution < -0.4 is 0 Å². The second-order valence-electron chi connectivity index (χ2n) is 7.38. The van der Waals surface area contributed by atoms with Crippen molar-refractivity contribution in [1.29, 1.82) is 0 Å². The topological polar surface area (TPSA) is 45.3 Å². The van der Waals surface area contributed by atoms with E-state index in [1.54, 1.807) is 19.1 Å². The van der Waals surface area contributed by atoms with Crippen LogP contribution in [0.5, 0.6) is 0 Å². The Morgan fingerprint density at radius 1 is 1.14 bits per heavy atom. The normalized spacial score (nSPS) is 12.5. The molecule has 1 N–H and O–H groups in total. The molecule has 154 valence electrons. The average Bonchev–Trinajstić information content (AvgIpc) is 3.04. The molecular weight excluding hydrogens is 367 g/mol. The number of halogens is 1. The monoisotopic (exact) mass is 396 g/mol. The lowest BCUT2D eigenvalue weighted by molar-refractivity contribution is 0.0339. The summed E-state index contributed by atoms with van der Waals surface area (Å²) < 4.78 is 18.8. The van der Waals surface area contributed by atoms with E-state index in [0.29, 0.717) is 5.56 Å². The maximum Gasteiger partial charge on any atom is 0.341 e. The number of carbonyl (C=O) groups is 1. The molecule has 0 saturated carbocycles. The molecule has 5 heteroatoms. The van der Waals surface area contributed by atoms with Crippen LogP contribution in [0.3, 0.4) is 0 Å². The van der Waals surface area contributed by atoms with Crippen LogP contribution in [-0.4, -0.2) is 35.5 Å². The molecule has 0 aliphatic carbocycles. The number of likely N-dealkylation sites (N-methyl/N-ethyl adjacent to an activating group) is 1. The molecule has 4 nitrogen and oxygen atoms in total. The third-order valence-corrected chi connectivity index (χ3v) is 5.49. The summed E-state index contributed by atoms with van der Waals surface area (Å²) in [6.45, 7) is 11.1. The lowest BCUT2D eigenvalue weighted by Crippen LogP contribution is -2.25. The van der Waals surface area contributed by atoms with Crippen LogP contribution >= 0.6 is 0 Å². The molecule has 1 heterocycles. The smallest absolute Gasteiger partial charge is 0.341 e. The van der Waals surface area contributed by atoms with E-state index in [9.17, 15) is 9.18 Å². The largest absolute Gasteiger partial charge is 0.454 e. The standard InChI is InChI=1S/C24H29FN2O2/c1-5-27(6-2)14-13-18-7-12-22-21(15-18)23(16(3)26-22)24(28)29-17(4)19-8-10-20(25)11-9-19/h7-12,15,17,26H,5-6,13-14H2,1-4H3. The molecule has 1 atom stereocenters. The Bertz CT molecular complexity index is 974. The van der Waals surface area contributed by atoms with Crippen molar-refractivity contribution in [3.63, 3.8) is 0 Å². The maximum absolute atomic E-state index is 13.1. The van der Waals surface area contributed by atoms with Crippen LogP contribution in [0.2, 0.25) is 0 Å². The molecule has 0 amide bonds. The van der Waals surface area contributed by atoms with Crippen LogP contribution in [-0.2, 0) is 11.2 Å². The summed E-state index contributed by atoms with van der Waals surface area (Å²) in [5.74, 6) is -0.677. The predicted octanol–water partition coefficient (Wildman–Crippen LogP) is 5.42. The number of hydrogen-bond donors (Lipinski definition) is 1. The number of ether oxygens (including phenoxy) is 1. The summed E-state index contributed by atoms with van der Waals surface area (Å²) in [4.78, 5) is 18.6. The summed E-state index contributed by atoms with van der Waals surface area (Å²) in [5.41, 5.74) is 4.24. The number of rotatable bonds is 8. The second-order valence-corrected chi connectivity index (χ2v) is 7.38. The summed E-state index contributed by atoms with van der Waals surface area (Å²) >= 11 is 0. The Hall–Kier alpha value is -2.66. The molecular formula is C24H29FN2O2. The molecule has 2 aromatic carbocycles. The van der Waals surface area contributed by atoms with E-state index in [4.69, 9.17) is 4.74 Å². The predicted molar refractivity (Wildman–Crippen MR) is 115 cm³/mol. The van der Waals surface area contributed by atoms with Gasteiger partial charge in [-0.3, -0.25) is 0 Å². The number of fused-ring (bicyclic) bond motifs is 1. The van der Waals surface area contributed by atoms with E-state index in [0.717, 1.165) is 48.2 Å². The van der Waals surface area contributed by atoms with E-state index in [1.165, 1.54) is 17.7 Å². The second kappa shape index (κ2) is 9.23. The van der Waals surface area contributed by atoms with Crippen molar-refractivity contribution in [2.24, 2.45) is 0 Å². The maximum atomic E-state index is 13.1. The zero-order valence-corrected chi connectivity index (χ0v) is 17.6. The molecule has 0 aliphatic rings. The van der Waals surface area contributed by atoms with Gasteiger partial charge in [-0.15, -0.1) is 0 Å². The summed E-state index contributed by atoms with van der Waals surface area (Å²) in [6.07, 6.45) is 0.473. The first kappa shape index (κ1) is 21.1. The summed E-state index contributed by atoms with van der Waals surface area (Å²) in [7, 11) is 0. The van der Waals surface area contributed by atoms with Crippen LogP contribution in [0.1, 0.15) is 54.1 Å². The van der Waals surface area contributed by atoms with Gasteiger partial charge in [-0.25, -0.2) is 9.18 Å². The zero-order valence-electron chi connectivity index (χ0n) is 17.6. The highest BCUT2D eigenvalue weighted by atomic mass is 19.1. The number of esters is 1. The first-order valence-corrected chi connectivity index (χ1v) is 10.2. The number of aromatic nitrogens is 1. The Kier molecular flexibility index (Phi) is 6.70. The minimum Gasteiger partial charge on any atom is -0.454 e. The Balaban J connectivity index is 1.81. The van der Waals surface area contributed by atoms with Gasteiger partial charge in [-0.05, 0) is 68.8 Å². The van der Waals surface area contributed by atoms with E-state index < -0.39 is 6.10 Å². The molecule has 3 aromatic rings. The molecule has 0 bridgehead atoms. The molecule has 3 rings (SSSR count). The third kappa shape index (κ3) is 4.85. The number of hydrogen-bond acceptors (Lipinski definition) is 3. The SMILES string of the molecule is CCN(CC)CCc1ccc2[nH]c(C)c(C(=O)OC(C)c3ccc(F)cc3)c2c1. The number of aryl methyl sites for hydroxylation is 1. The molecule has 1 aromatic heterocycles. The van der Waals surface area contributed by atoms with E-state index >= 15 is 0 Å². The number of nitrogens with one attached hydrogen (secondary N) is 1. The fraction of sp³-hybridized carbons (Fsp3) is 0.375.